The van der Waals surface area contributed by atoms with E-state index in [9.17, 15) is 19.1 Å². The number of benzene rings is 2. The summed E-state index contributed by atoms with van der Waals surface area (Å²) in [6.45, 7) is 8.90. The highest BCUT2D eigenvalue weighted by molar-refractivity contribution is 5.82. The van der Waals surface area contributed by atoms with Crippen LogP contribution in [0.4, 0.5) is 4.39 Å². The van der Waals surface area contributed by atoms with Gasteiger partial charge in [-0.3, -0.25) is 24.4 Å². The summed E-state index contributed by atoms with van der Waals surface area (Å²) in [6, 6.07) is 21.1. The number of nitrogens with one attached hydrogen (secondary N) is 1. The van der Waals surface area contributed by atoms with Crippen molar-refractivity contribution in [2.75, 3.05) is 39.4 Å². The summed E-state index contributed by atoms with van der Waals surface area (Å²) >= 11 is 0. The largest absolute Gasteiger partial charge is 0.459 e. The smallest absolute Gasteiger partial charge is 0.238 e. The van der Waals surface area contributed by atoms with Gasteiger partial charge < -0.3 is 24.5 Å². The molecular weight excluding hydrogens is 661 g/mol. The van der Waals surface area contributed by atoms with Gasteiger partial charge in [-0.15, -0.1) is 0 Å². The fraction of sp³-hybridized carbons (Fsp3) is 0.488. The number of aromatic nitrogens is 1. The summed E-state index contributed by atoms with van der Waals surface area (Å²) in [5, 5.41) is 15.4. The van der Waals surface area contributed by atoms with Crippen LogP contribution in [0.2, 0.25) is 0 Å². The van der Waals surface area contributed by atoms with E-state index in [0.29, 0.717) is 26.1 Å². The lowest BCUT2D eigenvalue weighted by Crippen LogP contribution is -2.63. The number of rotatable bonds is 12. The molecule has 1 aliphatic carbocycles. The molecule has 2 aromatic carbocycles. The van der Waals surface area contributed by atoms with E-state index in [0.717, 1.165) is 34.3 Å². The monoisotopic (exact) mass is 711 g/mol. The van der Waals surface area contributed by atoms with Gasteiger partial charge in [0.05, 0.1) is 23.8 Å². The number of carbonyl (C=O) groups excluding carboxylic acids is 2. The van der Waals surface area contributed by atoms with Crippen molar-refractivity contribution in [1.29, 1.82) is 0 Å². The van der Waals surface area contributed by atoms with Gasteiger partial charge in [0, 0.05) is 62.8 Å². The molecule has 2 saturated heterocycles. The number of fused-ring (bicyclic) bond motifs is 4. The standard InChI is InChI=1S/C41H50FN5O5/c1-40(2,36-23-30-24-43-16-14-34(30)51-36)46-19-18-45(33(26-46)38(49)44-17-15-42)25-31(48)21-29(20-27-10-6-5-7-11-27)39(50)47-37-32-13-9-8-12-28(32)22-35(37)52-41(47,3)4/h5-14,16,23-24,29,31,33,35,37,48H,15,17-22,25-26H2,1-4H3,(H,44,49)/t29?,31-,33-,35+,37-/m0/s1. The molecule has 3 aliphatic rings. The van der Waals surface area contributed by atoms with Crippen LogP contribution in [0.5, 0.6) is 0 Å². The molecule has 4 heterocycles. The predicted octanol–water partition coefficient (Wildman–Crippen LogP) is 5.01. The van der Waals surface area contributed by atoms with Crippen LogP contribution in [-0.2, 0) is 32.7 Å². The van der Waals surface area contributed by atoms with Crippen molar-refractivity contribution in [3.05, 3.63) is 102 Å². The Morgan fingerprint density at radius 3 is 2.63 bits per heavy atom. The molecular formula is C41H50FN5O5. The van der Waals surface area contributed by atoms with E-state index in [1.54, 1.807) is 12.4 Å². The molecule has 7 rings (SSSR count). The Bertz CT molecular complexity index is 1850. The molecule has 52 heavy (non-hydrogen) atoms. The molecule has 0 saturated carbocycles. The minimum Gasteiger partial charge on any atom is -0.459 e. The summed E-state index contributed by atoms with van der Waals surface area (Å²) in [5.74, 6) is -0.122. The summed E-state index contributed by atoms with van der Waals surface area (Å²) in [6.07, 6.45) is 3.84. The number of ether oxygens (including phenoxy) is 1. The number of aliphatic hydroxyl groups is 1. The molecule has 4 aromatic rings. The van der Waals surface area contributed by atoms with Crippen LogP contribution in [0.1, 0.15) is 62.6 Å². The third-order valence-corrected chi connectivity index (χ3v) is 11.3. The Morgan fingerprint density at radius 1 is 1.10 bits per heavy atom. The average molecular weight is 712 g/mol. The van der Waals surface area contributed by atoms with Crippen molar-refractivity contribution >= 4 is 22.8 Å². The Kier molecular flexibility index (Phi) is 10.2. The molecule has 2 fully saturated rings. The Morgan fingerprint density at radius 2 is 1.87 bits per heavy atom. The zero-order valence-corrected chi connectivity index (χ0v) is 30.5. The van der Waals surface area contributed by atoms with E-state index < -0.39 is 36.0 Å². The van der Waals surface area contributed by atoms with Gasteiger partial charge in [-0.25, -0.2) is 4.39 Å². The SMILES string of the molecule is CC1(C)O[C@@H]2Cc3ccccc3[C@@H]2N1C(=O)C(Cc1ccccc1)C[C@H](O)CN1CCN(C(C)(C)c2cc3cnccc3o2)C[C@H]1C(=O)NCCF. The van der Waals surface area contributed by atoms with Crippen molar-refractivity contribution in [2.24, 2.45) is 5.92 Å². The maximum atomic E-state index is 14.8. The molecule has 1 unspecified atom stereocenters. The van der Waals surface area contributed by atoms with Gasteiger partial charge in [-0.2, -0.15) is 0 Å². The second-order valence-electron chi connectivity index (χ2n) is 15.5. The summed E-state index contributed by atoms with van der Waals surface area (Å²) in [4.78, 5) is 38.7. The van der Waals surface area contributed by atoms with E-state index in [2.05, 4.69) is 41.2 Å². The zero-order valence-electron chi connectivity index (χ0n) is 30.5. The van der Waals surface area contributed by atoms with Crippen LogP contribution in [0.25, 0.3) is 11.0 Å². The van der Waals surface area contributed by atoms with Crippen molar-refractivity contribution < 1.29 is 28.2 Å². The fourth-order valence-electron chi connectivity index (χ4n) is 8.58. The average Bonchev–Trinajstić information content (AvgIpc) is 3.80. The lowest BCUT2D eigenvalue weighted by atomic mass is 9.90. The number of pyridine rings is 1. The Labute approximate surface area is 304 Å². The molecule has 0 radical (unpaired) electrons. The van der Waals surface area contributed by atoms with Crippen molar-refractivity contribution in [3.8, 4) is 0 Å². The van der Waals surface area contributed by atoms with E-state index in [-0.39, 0.29) is 43.5 Å². The number of β-amino-alcohol motifs (C(OH)–C–C–N with tert-alkyl or cyclic N) is 1. The lowest BCUT2D eigenvalue weighted by molar-refractivity contribution is -0.153. The van der Waals surface area contributed by atoms with Crippen LogP contribution < -0.4 is 5.32 Å². The fourth-order valence-corrected chi connectivity index (χ4v) is 8.58. The molecule has 276 valence electrons. The number of nitrogens with zero attached hydrogens (tertiary/aromatic N) is 4. The number of halogens is 1. The first-order valence-corrected chi connectivity index (χ1v) is 18.4. The molecule has 0 spiro atoms. The van der Waals surface area contributed by atoms with Gasteiger partial charge in [-0.1, -0.05) is 54.6 Å². The zero-order chi connectivity index (χ0) is 36.6. The molecule has 2 aromatic heterocycles. The minimum atomic E-state index is -0.908. The number of carbonyl (C=O) groups is 2. The minimum absolute atomic E-state index is 0.0538. The van der Waals surface area contributed by atoms with Crippen LogP contribution in [0, 0.1) is 5.92 Å². The molecule has 2 aliphatic heterocycles. The summed E-state index contributed by atoms with van der Waals surface area (Å²) < 4.78 is 26.0. The van der Waals surface area contributed by atoms with E-state index >= 15 is 0 Å². The van der Waals surface area contributed by atoms with Crippen molar-refractivity contribution in [3.63, 3.8) is 0 Å². The van der Waals surface area contributed by atoms with Gasteiger partial charge in [0.2, 0.25) is 11.8 Å². The third kappa shape index (κ3) is 7.11. The van der Waals surface area contributed by atoms with E-state index in [4.69, 9.17) is 9.15 Å². The predicted molar refractivity (Wildman–Crippen MR) is 196 cm³/mol. The number of furan rings is 1. The first-order valence-electron chi connectivity index (χ1n) is 18.4. The van der Waals surface area contributed by atoms with Gasteiger partial charge in [0.1, 0.15) is 29.8 Å². The van der Waals surface area contributed by atoms with Crippen molar-refractivity contribution in [1.82, 2.24) is 25.0 Å². The van der Waals surface area contributed by atoms with Gasteiger partial charge in [-0.05, 0) is 69.4 Å². The number of alkyl halides is 1. The highest BCUT2D eigenvalue weighted by atomic mass is 19.1. The lowest BCUT2D eigenvalue weighted by Gasteiger charge is -2.47. The Balaban J connectivity index is 1.11. The molecule has 5 atom stereocenters. The van der Waals surface area contributed by atoms with Crippen LogP contribution in [-0.4, -0.2) is 100.0 Å². The number of aliphatic hydroxyl groups excluding tert-OH is 1. The van der Waals surface area contributed by atoms with Crippen LogP contribution in [0.3, 0.4) is 0 Å². The number of hydrogen-bond acceptors (Lipinski definition) is 8. The highest BCUT2D eigenvalue weighted by Gasteiger charge is 2.54. The highest BCUT2D eigenvalue weighted by Crippen LogP contribution is 2.49. The van der Waals surface area contributed by atoms with Crippen molar-refractivity contribution in [2.45, 2.75) is 82.5 Å². The van der Waals surface area contributed by atoms with Gasteiger partial charge in [0.15, 0.2) is 0 Å². The van der Waals surface area contributed by atoms with Crippen LogP contribution in [0.15, 0.2) is 83.5 Å². The molecule has 11 heteroatoms. The maximum Gasteiger partial charge on any atom is 0.238 e. The van der Waals surface area contributed by atoms with Gasteiger partial charge >= 0.3 is 0 Å². The van der Waals surface area contributed by atoms with E-state index in [1.165, 1.54) is 5.56 Å². The molecule has 2 N–H and O–H groups in total. The van der Waals surface area contributed by atoms with Gasteiger partial charge in [0.25, 0.3) is 0 Å². The first kappa shape index (κ1) is 36.2. The summed E-state index contributed by atoms with van der Waals surface area (Å²) in [5.41, 5.74) is 2.69. The number of piperazine rings is 1. The second kappa shape index (κ2) is 14.7. The normalized spacial score (nSPS) is 23.0. The van der Waals surface area contributed by atoms with E-state index in [1.807, 2.05) is 78.2 Å². The van der Waals surface area contributed by atoms with Crippen LogP contribution >= 0.6 is 0 Å². The molecule has 10 nitrogen and oxygen atoms in total. The quantitative estimate of drug-likeness (QED) is 0.211. The third-order valence-electron chi connectivity index (χ3n) is 11.3. The Hall–Kier alpha value is -4.16. The second-order valence-corrected chi connectivity index (χ2v) is 15.5. The molecule has 0 bridgehead atoms. The molecule has 2 amide bonds. The number of hydrogen-bond donors (Lipinski definition) is 2. The number of amides is 2. The first-order chi connectivity index (χ1) is 25.0. The maximum absolute atomic E-state index is 14.8. The topological polar surface area (TPSA) is 111 Å². The summed E-state index contributed by atoms with van der Waals surface area (Å²) in [7, 11) is 0.